The van der Waals surface area contributed by atoms with Crippen molar-refractivity contribution < 1.29 is 41.1 Å². The minimum atomic E-state index is -4.54. The molecule has 37 heteroatoms. The molecule has 0 bridgehead atoms. The van der Waals surface area contributed by atoms with Gasteiger partial charge in [0.25, 0.3) is 17.7 Å². The average Bonchev–Trinajstić information content (AvgIpc) is 1.63. The van der Waals surface area contributed by atoms with Crippen LogP contribution in [0.25, 0.3) is 83.3 Å². The fourth-order valence-corrected chi connectivity index (χ4v) is 14.7. The summed E-state index contributed by atoms with van der Waals surface area (Å²) in [5.74, 6) is 15.3. The number of nitriles is 3. The Hall–Kier alpha value is -16.7. The van der Waals surface area contributed by atoms with E-state index in [0.717, 1.165) is 108 Å². The van der Waals surface area contributed by atoms with Gasteiger partial charge in [0.15, 0.2) is 0 Å². The van der Waals surface area contributed by atoms with E-state index in [1.807, 2.05) is 118 Å². The summed E-state index contributed by atoms with van der Waals surface area (Å²) in [5.41, 5.74) is 13.5. The van der Waals surface area contributed by atoms with Gasteiger partial charge in [-0.3, -0.25) is 33.4 Å². The number of alkyl halides is 3. The molecule has 15 aromatic rings. The van der Waals surface area contributed by atoms with Crippen molar-refractivity contribution in [3.05, 3.63) is 246 Å². The van der Waals surface area contributed by atoms with Crippen LogP contribution in [0.4, 0.5) is 39.4 Å². The molecule has 3 saturated heterocycles. The molecule has 0 aliphatic carbocycles. The number of amides is 3. The third-order valence-electron chi connectivity index (χ3n) is 20.9. The zero-order valence-corrected chi connectivity index (χ0v) is 68.1. The summed E-state index contributed by atoms with van der Waals surface area (Å²) in [5, 5.41) is 55.0. The second-order valence-corrected chi connectivity index (χ2v) is 29.4. The molecule has 3 aliphatic heterocycles. The second kappa shape index (κ2) is 35.9. The topological polar surface area (TPSA) is 334 Å². The van der Waals surface area contributed by atoms with Crippen molar-refractivity contribution in [3.8, 4) is 126 Å². The zero-order chi connectivity index (χ0) is 87.9. The molecular weight excluding hydrogens is 1640 g/mol. The molecule has 3 fully saturated rings. The highest BCUT2D eigenvalue weighted by Crippen LogP contribution is 2.37. The second-order valence-electron chi connectivity index (χ2n) is 29.0. The molecule has 0 saturated carbocycles. The molecule has 0 N–H and O–H groups in total. The highest BCUT2D eigenvalue weighted by molar-refractivity contribution is 6.29. The number of hydrogen-bond donors (Lipinski definition) is 0. The Labute approximate surface area is 719 Å². The van der Waals surface area contributed by atoms with Crippen molar-refractivity contribution in [3.63, 3.8) is 0 Å². The lowest BCUT2D eigenvalue weighted by molar-refractivity contribution is -0.138. The van der Waals surface area contributed by atoms with Gasteiger partial charge in [-0.1, -0.05) is 23.4 Å². The normalized spacial score (nSPS) is 13.2. The van der Waals surface area contributed by atoms with Gasteiger partial charge in [0, 0.05) is 288 Å². The highest BCUT2D eigenvalue weighted by Gasteiger charge is 2.32. The van der Waals surface area contributed by atoms with E-state index in [9.17, 15) is 52.1 Å². The van der Waals surface area contributed by atoms with Gasteiger partial charge in [0.2, 0.25) is 11.8 Å². The molecule has 624 valence electrons. The van der Waals surface area contributed by atoms with Crippen LogP contribution in [-0.2, 0) is 41.7 Å². The van der Waals surface area contributed by atoms with E-state index in [0.29, 0.717) is 124 Å². The number of pyridine rings is 9. The summed E-state index contributed by atoms with van der Waals surface area (Å²) < 4.78 is 81.1. The molecule has 3 amide bonds. The molecule has 0 spiro atoms. The predicted octanol–water partition coefficient (Wildman–Crippen LogP) is 10.3. The number of methoxy groups -OCH3 is 1. The first-order valence-electron chi connectivity index (χ1n) is 38.8. The quantitative estimate of drug-likeness (QED) is 0.0697. The van der Waals surface area contributed by atoms with Crippen molar-refractivity contribution in [1.29, 1.82) is 15.8 Å². The lowest BCUT2D eigenvalue weighted by atomic mass is 10.0. The van der Waals surface area contributed by atoms with Crippen molar-refractivity contribution in [2.45, 2.75) is 6.18 Å². The number of piperazine rings is 3. The molecule has 3 aliphatic rings. The molecule has 18 rings (SSSR count). The minimum Gasteiger partial charge on any atom is -0.481 e. The maximum absolute atomic E-state index is 13.6. The van der Waals surface area contributed by atoms with Gasteiger partial charge in [-0.15, -0.1) is 0 Å². The molecule has 0 aromatic carbocycles. The predicted molar refractivity (Wildman–Crippen MR) is 452 cm³/mol. The van der Waals surface area contributed by atoms with Gasteiger partial charge in [0.1, 0.15) is 52.3 Å². The van der Waals surface area contributed by atoms with E-state index in [1.165, 1.54) is 25.6 Å². The fourth-order valence-electron chi connectivity index (χ4n) is 14.5. The lowest BCUT2D eigenvalue weighted by Gasteiger charge is -2.34. The smallest absolute Gasteiger partial charge is 0.417 e. The number of ether oxygens (including phenoxy) is 1. The van der Waals surface area contributed by atoms with E-state index in [2.05, 4.69) is 114 Å². The first kappa shape index (κ1) is 83.0. The summed E-state index contributed by atoms with van der Waals surface area (Å²) in [6.45, 7) is 5.96. The van der Waals surface area contributed by atoms with E-state index in [-0.39, 0.29) is 34.1 Å². The maximum atomic E-state index is 13.6. The van der Waals surface area contributed by atoms with Crippen LogP contribution in [0.5, 0.6) is 5.88 Å². The van der Waals surface area contributed by atoms with Gasteiger partial charge in [-0.25, -0.2) is 37.9 Å². The Morgan fingerprint density at radius 1 is 0.413 bits per heavy atom. The number of aryl methyl sites for hydroxylation is 3. The summed E-state index contributed by atoms with van der Waals surface area (Å²) in [6.07, 6.45) is 24.1. The molecule has 18 heterocycles. The molecule has 0 unspecified atom stereocenters. The number of halogens is 6. The first-order chi connectivity index (χ1) is 61.0. The fraction of sp³-hybridized carbons (Fsp3) is 0.191. The van der Waals surface area contributed by atoms with Crippen LogP contribution >= 0.6 is 11.6 Å². The Balaban J connectivity index is 0.000000139. The first-order valence-corrected chi connectivity index (χ1v) is 39.2. The molecule has 15 aromatic heterocycles. The van der Waals surface area contributed by atoms with E-state index < -0.39 is 29.4 Å². The van der Waals surface area contributed by atoms with Gasteiger partial charge in [0.05, 0.1) is 83.1 Å². The number of nitrogens with zero attached hydrogens (tertiary/aromatic N) is 27. The zero-order valence-electron chi connectivity index (χ0n) is 67.4. The maximum Gasteiger partial charge on any atom is 0.417 e. The number of rotatable bonds is 10. The number of carbonyl (C=O) groups is 3. The molecule has 31 nitrogen and oxygen atoms in total. The molecule has 126 heavy (non-hydrogen) atoms. The van der Waals surface area contributed by atoms with Crippen molar-refractivity contribution in [2.75, 3.05) is 100 Å². The SMILES string of the molecule is COc1cc(C#CC(=O)N2CCN(c3ccc(-c4cc(-c5cnn(C)c5)cn5ncc(C#N)c45)cn3)CC2)cc(F)n1.Cn1cc(-c2cc(-c3ccc(N4CCN(C(=O)C#Cc5cc(F)cc(Cl)n5)CC4)nc3)c3c(C#N)cnn3c2)cn1.Cn1cc(-c2cc(-c3ccc(N4CCN(C(=O)C#Cc5cncc(C(F)(F)F)c5)CC4)nc3)c3c(C#N)cnn3c2)cn1. The van der Waals surface area contributed by atoms with E-state index >= 15 is 0 Å². The Kier molecular flexibility index (Phi) is 23.7. The third kappa shape index (κ3) is 18.5. The van der Waals surface area contributed by atoms with Crippen molar-refractivity contribution >= 4 is 63.3 Å². The van der Waals surface area contributed by atoms with Crippen LogP contribution in [0.2, 0.25) is 5.15 Å². The Bertz CT molecular complexity index is 7040. The Morgan fingerprint density at radius 3 is 1.14 bits per heavy atom. The number of carbonyl (C=O) groups excluding carboxylic acids is 3. The minimum absolute atomic E-state index is 0.0183. The van der Waals surface area contributed by atoms with Crippen LogP contribution < -0.4 is 19.4 Å². The highest BCUT2D eigenvalue weighted by atomic mass is 35.5. The van der Waals surface area contributed by atoms with Gasteiger partial charge in [-0.2, -0.15) is 68.9 Å². The van der Waals surface area contributed by atoms with Crippen LogP contribution in [-0.4, -0.2) is 206 Å². The van der Waals surface area contributed by atoms with Gasteiger partial charge in [-0.05, 0) is 66.6 Å². The standard InChI is InChI=1S/C30H22F3N9O.C30H24FN9O2.C29H21ClFN9O/c1-39-18-24(16-37-39)22-11-26(29-23(12-34)15-38-42(29)19-22)21-3-4-27(36-14-21)40-6-8-41(9-7-40)28(43)5-2-20-10-25(17-35-13-20)30(31,32)33;1-37-18-24(17-34-37)22-13-25(30-23(14-32)16-35-40(30)19-22)21-4-5-27(33-15-21)38-7-9-39(10-8-38)29(41)6-3-20-11-26(31)36-28(12-20)42-2;1-37-17-22(16-34-37)20-10-25(29-21(13-32)15-35-40(29)18-20)19-2-4-27(33-14-19)38-6-8-39(9-7-38)28(41)5-3-24-11-23(31)12-26(30)36-24/h3-4,10-11,13-19H,6-9H2,1H3;4-5,11-13,15-19H,7-10H2,1-2H3;2,4,10-12,14-18H,6-9H2,1H3. The third-order valence-corrected chi connectivity index (χ3v) is 21.1. The number of hydrogen-bond acceptors (Lipinski definition) is 22. The van der Waals surface area contributed by atoms with Crippen LogP contribution in [0.15, 0.2) is 190 Å². The van der Waals surface area contributed by atoms with Gasteiger partial charge < -0.3 is 34.1 Å². The lowest BCUT2D eigenvalue weighted by Crippen LogP contribution is -2.48. The molecule has 0 atom stereocenters. The summed E-state index contributed by atoms with van der Waals surface area (Å²) in [6, 6.07) is 30.1. The van der Waals surface area contributed by atoms with E-state index in [1.54, 1.807) is 91.9 Å². The Morgan fingerprint density at radius 2 is 0.802 bits per heavy atom. The summed E-state index contributed by atoms with van der Waals surface area (Å²) in [4.78, 5) is 74.1. The molecule has 0 radical (unpaired) electrons. The van der Waals surface area contributed by atoms with Crippen molar-refractivity contribution in [2.24, 2.45) is 21.1 Å². The monoisotopic (exact) mass is 1710 g/mol. The van der Waals surface area contributed by atoms with Crippen LogP contribution in [0.3, 0.4) is 0 Å². The molecular formula is C89H67ClF5N27O4. The number of aromatic nitrogens is 18. The van der Waals surface area contributed by atoms with Crippen LogP contribution in [0.1, 0.15) is 39.1 Å². The van der Waals surface area contributed by atoms with Gasteiger partial charge >= 0.3 is 6.18 Å². The van der Waals surface area contributed by atoms with E-state index in [4.69, 9.17) is 26.3 Å². The number of anilines is 3. The van der Waals surface area contributed by atoms with Crippen molar-refractivity contribution in [1.82, 2.24) is 103 Å². The summed E-state index contributed by atoms with van der Waals surface area (Å²) in [7, 11) is 6.95. The number of fused-ring (bicyclic) bond motifs is 3. The largest absolute Gasteiger partial charge is 0.481 e. The van der Waals surface area contributed by atoms with Crippen LogP contribution in [0, 0.1) is 81.3 Å². The average molecular weight is 1710 g/mol. The summed E-state index contributed by atoms with van der Waals surface area (Å²) >= 11 is 5.75.